The Morgan fingerprint density at radius 1 is 1.20 bits per heavy atom. The number of anilines is 4. The number of nitrogens with one attached hydrogen (secondary N) is 4. The van der Waals surface area contributed by atoms with Crippen LogP contribution in [0.1, 0.15) is 54.4 Å². The number of aromatic nitrogens is 4. The third-order valence-electron chi connectivity index (χ3n) is 4.76. The number of aromatic amines is 1. The molecule has 0 aliphatic heterocycles. The molecule has 1 amide bonds. The number of carbonyl (C=O) groups is 1. The number of nitrogens with zero attached hydrogens (tertiary/aromatic N) is 3. The summed E-state index contributed by atoms with van der Waals surface area (Å²) in [7, 11) is 0. The van der Waals surface area contributed by atoms with Gasteiger partial charge in [-0.3, -0.25) is 9.89 Å². The number of carbonyl (C=O) groups excluding carboxylic acids is 1. The Balaban J connectivity index is 1.68. The molecule has 0 saturated heterocycles. The highest BCUT2D eigenvalue weighted by atomic mass is 35.5. The van der Waals surface area contributed by atoms with Crippen molar-refractivity contribution in [3.8, 4) is 0 Å². The van der Waals surface area contributed by atoms with Crippen molar-refractivity contribution in [3.05, 3.63) is 52.3 Å². The molecule has 1 saturated carbocycles. The maximum Gasteiger partial charge on any atom is 0.270 e. The van der Waals surface area contributed by atoms with E-state index in [0.717, 1.165) is 5.69 Å². The first-order valence-corrected chi connectivity index (χ1v) is 10.3. The summed E-state index contributed by atoms with van der Waals surface area (Å²) in [6.45, 7) is 5.62. The van der Waals surface area contributed by atoms with Gasteiger partial charge >= 0.3 is 0 Å². The number of hydrogen-bond donors (Lipinski definition) is 4. The molecule has 4 N–H and O–H groups in total. The minimum absolute atomic E-state index is 0.0179. The van der Waals surface area contributed by atoms with Crippen molar-refractivity contribution >= 4 is 40.8 Å². The van der Waals surface area contributed by atoms with Crippen LogP contribution in [0.2, 0.25) is 5.02 Å². The summed E-state index contributed by atoms with van der Waals surface area (Å²) in [5.41, 5.74) is 2.68. The molecular formula is C21H24ClN7O. The van der Waals surface area contributed by atoms with Gasteiger partial charge < -0.3 is 16.0 Å². The van der Waals surface area contributed by atoms with Crippen molar-refractivity contribution in [1.82, 2.24) is 25.5 Å². The fraction of sp³-hybridized carbons (Fsp3) is 0.333. The lowest BCUT2D eigenvalue weighted by molar-refractivity contribution is 0.0937. The number of benzene rings is 1. The predicted molar refractivity (Wildman–Crippen MR) is 118 cm³/mol. The van der Waals surface area contributed by atoms with Crippen molar-refractivity contribution < 1.29 is 4.79 Å². The zero-order valence-corrected chi connectivity index (χ0v) is 17.8. The molecule has 4 rings (SSSR count). The molecule has 0 atom stereocenters. The molecule has 3 aromatic rings. The molecule has 0 unspecified atom stereocenters. The van der Waals surface area contributed by atoms with Gasteiger partial charge in [0.15, 0.2) is 5.82 Å². The summed E-state index contributed by atoms with van der Waals surface area (Å²) < 4.78 is 0. The Bertz CT molecular complexity index is 1070. The van der Waals surface area contributed by atoms with E-state index in [9.17, 15) is 4.79 Å². The largest absolute Gasteiger partial charge is 0.349 e. The molecule has 1 aromatic carbocycles. The predicted octanol–water partition coefficient (Wildman–Crippen LogP) is 4.66. The topological polar surface area (TPSA) is 108 Å². The van der Waals surface area contributed by atoms with Gasteiger partial charge in [-0.15, -0.1) is 0 Å². The molecule has 156 valence electrons. The fourth-order valence-corrected chi connectivity index (χ4v) is 3.24. The minimum atomic E-state index is -0.268. The lowest BCUT2D eigenvalue weighted by Gasteiger charge is -2.15. The standard InChI is InChI=1S/C21H24ClN7O/c1-11(2)23-20(30)18-12(3)19(25-17-10-16(28-29-17)13-8-9-13)27-21(26-18)24-15-7-5-4-6-14(15)22/h4-7,10-11,13H,8-9H2,1-3H3,(H,23,30)(H3,24,25,26,27,28,29). The van der Waals surface area contributed by atoms with Crippen LogP contribution >= 0.6 is 11.6 Å². The molecule has 30 heavy (non-hydrogen) atoms. The first-order chi connectivity index (χ1) is 14.4. The third kappa shape index (κ3) is 4.54. The molecule has 0 spiro atoms. The molecule has 0 radical (unpaired) electrons. The first kappa shape index (κ1) is 20.2. The van der Waals surface area contributed by atoms with Gasteiger partial charge in [0.25, 0.3) is 5.91 Å². The number of amides is 1. The summed E-state index contributed by atoms with van der Waals surface area (Å²) in [6, 6.07) is 9.25. The van der Waals surface area contributed by atoms with E-state index in [4.69, 9.17) is 11.6 Å². The number of rotatable bonds is 7. The van der Waals surface area contributed by atoms with Crippen molar-refractivity contribution in [3.63, 3.8) is 0 Å². The van der Waals surface area contributed by atoms with Crippen LogP contribution in [0.15, 0.2) is 30.3 Å². The van der Waals surface area contributed by atoms with Gasteiger partial charge in [0, 0.05) is 29.3 Å². The molecule has 8 nitrogen and oxygen atoms in total. The summed E-state index contributed by atoms with van der Waals surface area (Å²) in [6.07, 6.45) is 2.36. The lowest BCUT2D eigenvalue weighted by Crippen LogP contribution is -2.31. The van der Waals surface area contributed by atoms with Crippen LogP contribution in [0.4, 0.5) is 23.3 Å². The Kier molecular flexibility index (Phi) is 5.59. The van der Waals surface area contributed by atoms with Crippen molar-refractivity contribution in [1.29, 1.82) is 0 Å². The van der Waals surface area contributed by atoms with E-state index in [1.807, 2.05) is 45.0 Å². The highest BCUT2D eigenvalue weighted by Gasteiger charge is 2.26. The van der Waals surface area contributed by atoms with Crippen molar-refractivity contribution in [2.45, 2.75) is 45.6 Å². The summed E-state index contributed by atoms with van der Waals surface area (Å²) in [5, 5.41) is 17.1. The normalized spacial score (nSPS) is 13.4. The average Bonchev–Trinajstić information content (AvgIpc) is 3.44. The number of halogens is 1. The van der Waals surface area contributed by atoms with E-state index in [1.54, 1.807) is 6.07 Å². The Morgan fingerprint density at radius 2 is 1.97 bits per heavy atom. The van der Waals surface area contributed by atoms with Crippen LogP contribution < -0.4 is 16.0 Å². The highest BCUT2D eigenvalue weighted by Crippen LogP contribution is 2.39. The Hall–Kier alpha value is -3.13. The number of para-hydroxylation sites is 1. The second kappa shape index (κ2) is 8.31. The van der Waals surface area contributed by atoms with E-state index in [1.165, 1.54) is 12.8 Å². The maximum atomic E-state index is 12.7. The molecule has 1 fully saturated rings. The van der Waals surface area contributed by atoms with Gasteiger partial charge in [-0.1, -0.05) is 23.7 Å². The molecule has 1 aliphatic rings. The Morgan fingerprint density at radius 3 is 2.67 bits per heavy atom. The number of hydrogen-bond acceptors (Lipinski definition) is 6. The van der Waals surface area contributed by atoms with Crippen LogP contribution in [0, 0.1) is 6.92 Å². The van der Waals surface area contributed by atoms with E-state index in [0.29, 0.717) is 33.8 Å². The quantitative estimate of drug-likeness (QED) is 0.438. The third-order valence-corrected chi connectivity index (χ3v) is 5.09. The first-order valence-electron chi connectivity index (χ1n) is 9.94. The van der Waals surface area contributed by atoms with Crippen LogP contribution in [0.3, 0.4) is 0 Å². The van der Waals surface area contributed by atoms with E-state index < -0.39 is 0 Å². The second-order valence-electron chi connectivity index (χ2n) is 7.71. The molecular weight excluding hydrogens is 402 g/mol. The van der Waals surface area contributed by atoms with Crippen molar-refractivity contribution in [2.24, 2.45) is 0 Å². The molecule has 9 heteroatoms. The summed E-state index contributed by atoms with van der Waals surface area (Å²) in [5.74, 6) is 1.71. The van der Waals surface area contributed by atoms with Crippen LogP contribution in [-0.2, 0) is 0 Å². The number of H-pyrrole nitrogens is 1. The monoisotopic (exact) mass is 425 g/mol. The molecule has 2 heterocycles. The molecule has 1 aliphatic carbocycles. The van der Waals surface area contributed by atoms with Crippen LogP contribution in [-0.4, -0.2) is 32.1 Å². The highest BCUT2D eigenvalue weighted by molar-refractivity contribution is 6.33. The smallest absolute Gasteiger partial charge is 0.270 e. The maximum absolute atomic E-state index is 12.7. The van der Waals surface area contributed by atoms with E-state index >= 15 is 0 Å². The zero-order valence-electron chi connectivity index (χ0n) is 17.1. The minimum Gasteiger partial charge on any atom is -0.349 e. The van der Waals surface area contributed by atoms with E-state index in [-0.39, 0.29) is 23.6 Å². The second-order valence-corrected chi connectivity index (χ2v) is 8.12. The zero-order chi connectivity index (χ0) is 21.3. The van der Waals surface area contributed by atoms with Crippen LogP contribution in [0.5, 0.6) is 0 Å². The van der Waals surface area contributed by atoms with Gasteiger partial charge in [-0.25, -0.2) is 4.98 Å². The average molecular weight is 426 g/mol. The van der Waals surface area contributed by atoms with Gasteiger partial charge in [0.1, 0.15) is 11.5 Å². The molecule has 2 aromatic heterocycles. The van der Waals surface area contributed by atoms with Gasteiger partial charge in [-0.2, -0.15) is 10.1 Å². The van der Waals surface area contributed by atoms with Gasteiger partial charge in [0.2, 0.25) is 5.95 Å². The SMILES string of the molecule is Cc1c(Nc2cc(C3CC3)[nH]n2)nc(Nc2ccccc2Cl)nc1C(=O)NC(C)C. The Labute approximate surface area is 179 Å². The lowest BCUT2D eigenvalue weighted by atomic mass is 10.2. The summed E-state index contributed by atoms with van der Waals surface area (Å²) in [4.78, 5) is 21.8. The van der Waals surface area contributed by atoms with Crippen molar-refractivity contribution in [2.75, 3.05) is 10.6 Å². The van der Waals surface area contributed by atoms with Gasteiger partial charge in [-0.05, 0) is 45.7 Å². The van der Waals surface area contributed by atoms with E-state index in [2.05, 4.69) is 36.1 Å². The van der Waals surface area contributed by atoms with Gasteiger partial charge in [0.05, 0.1) is 10.7 Å². The van der Waals surface area contributed by atoms with Crippen LogP contribution in [0.25, 0.3) is 0 Å². The molecule has 0 bridgehead atoms. The summed E-state index contributed by atoms with van der Waals surface area (Å²) >= 11 is 6.26. The fourth-order valence-electron chi connectivity index (χ4n) is 3.05.